The van der Waals surface area contributed by atoms with Crippen molar-refractivity contribution in [1.82, 2.24) is 0 Å². The summed E-state index contributed by atoms with van der Waals surface area (Å²) in [6.07, 6.45) is 2.79. The van der Waals surface area contributed by atoms with Gasteiger partial charge in [-0.15, -0.1) is 0 Å². The molecule has 4 N–H and O–H groups in total. The molecule has 1 rings (SSSR count). The van der Waals surface area contributed by atoms with Gasteiger partial charge in [-0.3, -0.25) is 0 Å². The molecule has 0 spiro atoms. The smallest absolute Gasteiger partial charge is 0.349 e. The summed E-state index contributed by atoms with van der Waals surface area (Å²) in [5.74, 6) is 9.52. The van der Waals surface area contributed by atoms with Crippen molar-refractivity contribution in [2.45, 2.75) is 0 Å². The van der Waals surface area contributed by atoms with E-state index in [4.69, 9.17) is 5.90 Å². The predicted molar refractivity (Wildman–Crippen MR) is 50.6 cm³/mol. The highest BCUT2D eigenvalue weighted by molar-refractivity contribution is 5.86. The molecular formula is C9H10N2O3. The van der Waals surface area contributed by atoms with E-state index in [1.54, 1.807) is 30.3 Å². The second-order valence-corrected chi connectivity index (χ2v) is 2.46. The molecule has 5 heteroatoms. The topological polar surface area (TPSA) is 87.6 Å². The average Bonchev–Trinajstić information content (AvgIpc) is 2.26. The van der Waals surface area contributed by atoms with E-state index in [2.05, 4.69) is 15.6 Å². The monoisotopic (exact) mass is 194 g/mol. The van der Waals surface area contributed by atoms with Gasteiger partial charge in [0.25, 0.3) is 0 Å². The summed E-state index contributed by atoms with van der Waals surface area (Å²) >= 11 is 0. The lowest BCUT2D eigenvalue weighted by Crippen LogP contribution is -2.05. The molecule has 0 saturated carbocycles. The molecule has 1 aromatic carbocycles. The third-order valence-corrected chi connectivity index (χ3v) is 1.54. The Morgan fingerprint density at radius 2 is 1.86 bits per heavy atom. The van der Waals surface area contributed by atoms with E-state index >= 15 is 0 Å². The first kappa shape index (κ1) is 10.2. The van der Waals surface area contributed by atoms with Gasteiger partial charge in [-0.05, 0) is 23.8 Å². The van der Waals surface area contributed by atoms with E-state index in [0.717, 1.165) is 5.56 Å². The van der Waals surface area contributed by atoms with Gasteiger partial charge in [0.1, 0.15) is 5.75 Å². The highest BCUT2D eigenvalue weighted by atomic mass is 16.7. The van der Waals surface area contributed by atoms with Crippen molar-refractivity contribution in [1.29, 1.82) is 0 Å². The molecule has 0 radical (unpaired) electrons. The molecule has 0 aliphatic carbocycles. The van der Waals surface area contributed by atoms with Gasteiger partial charge in [0.2, 0.25) is 0 Å². The molecule has 0 fully saturated rings. The van der Waals surface area contributed by atoms with Gasteiger partial charge in [-0.25, -0.2) is 4.79 Å². The number of hydrogen-bond donors (Lipinski definition) is 2. The molecule has 5 nitrogen and oxygen atoms in total. The van der Waals surface area contributed by atoms with Crippen LogP contribution in [-0.2, 0) is 9.63 Å². The van der Waals surface area contributed by atoms with Crippen molar-refractivity contribution in [2.24, 2.45) is 11.8 Å². The number of nitrogens with two attached hydrogens (primary N) is 2. The summed E-state index contributed by atoms with van der Waals surface area (Å²) in [6, 6.07) is 6.83. The summed E-state index contributed by atoms with van der Waals surface area (Å²) in [5.41, 5.74) is 0.816. The van der Waals surface area contributed by atoms with Crippen LogP contribution < -0.4 is 16.6 Å². The quantitative estimate of drug-likeness (QED) is 0.536. The van der Waals surface area contributed by atoms with E-state index in [-0.39, 0.29) is 0 Å². The molecule has 0 aromatic heterocycles. The molecule has 1 aromatic rings. The SMILES string of the molecule is NOC(=O)/C=C/c1ccc(ON)cc1. The number of benzene rings is 1. The van der Waals surface area contributed by atoms with Gasteiger partial charge < -0.3 is 9.68 Å². The Morgan fingerprint density at radius 3 is 2.36 bits per heavy atom. The summed E-state index contributed by atoms with van der Waals surface area (Å²) in [7, 11) is 0. The van der Waals surface area contributed by atoms with Gasteiger partial charge in [-0.1, -0.05) is 12.1 Å². The first-order chi connectivity index (χ1) is 6.76. The molecule has 0 unspecified atom stereocenters. The summed E-state index contributed by atoms with van der Waals surface area (Å²) in [6.45, 7) is 0. The predicted octanol–water partition coefficient (Wildman–Crippen LogP) is 0.369. The summed E-state index contributed by atoms with van der Waals surface area (Å²) in [4.78, 5) is 19.1. The number of hydrogen-bond acceptors (Lipinski definition) is 5. The van der Waals surface area contributed by atoms with Crippen molar-refractivity contribution in [3.63, 3.8) is 0 Å². The zero-order valence-electron chi connectivity index (χ0n) is 7.34. The van der Waals surface area contributed by atoms with Crippen molar-refractivity contribution >= 4 is 12.0 Å². The second kappa shape index (κ2) is 5.00. The van der Waals surface area contributed by atoms with Crippen LogP contribution in [0.25, 0.3) is 6.08 Å². The van der Waals surface area contributed by atoms with Crippen LogP contribution in [0.4, 0.5) is 0 Å². The lowest BCUT2D eigenvalue weighted by Gasteiger charge is -1.97. The van der Waals surface area contributed by atoms with E-state index in [1.165, 1.54) is 6.08 Å². The summed E-state index contributed by atoms with van der Waals surface area (Å²) in [5, 5.41) is 0. The molecule has 0 heterocycles. The summed E-state index contributed by atoms with van der Waals surface area (Å²) < 4.78 is 0. The number of carbonyl (C=O) groups is 1. The molecule has 74 valence electrons. The molecule has 0 bridgehead atoms. The fraction of sp³-hybridized carbons (Fsp3) is 0. The van der Waals surface area contributed by atoms with Gasteiger partial charge in [0.15, 0.2) is 0 Å². The average molecular weight is 194 g/mol. The lowest BCUT2D eigenvalue weighted by molar-refractivity contribution is -0.138. The number of carbonyl (C=O) groups excluding carboxylic acids is 1. The van der Waals surface area contributed by atoms with Gasteiger partial charge in [0, 0.05) is 6.08 Å². The maximum atomic E-state index is 10.6. The molecule has 0 saturated heterocycles. The normalized spacial score (nSPS) is 10.1. The minimum atomic E-state index is -0.607. The van der Waals surface area contributed by atoms with E-state index in [9.17, 15) is 4.79 Å². The zero-order valence-corrected chi connectivity index (χ0v) is 7.34. The maximum Gasteiger partial charge on any atom is 0.349 e. The maximum absolute atomic E-state index is 10.6. The van der Waals surface area contributed by atoms with Crippen LogP contribution in [-0.4, -0.2) is 5.97 Å². The van der Waals surface area contributed by atoms with E-state index < -0.39 is 5.97 Å². The van der Waals surface area contributed by atoms with Gasteiger partial charge in [-0.2, -0.15) is 11.8 Å². The van der Waals surface area contributed by atoms with Crippen LogP contribution in [0.15, 0.2) is 30.3 Å². The zero-order chi connectivity index (χ0) is 10.4. The Bertz CT molecular complexity index is 332. The minimum absolute atomic E-state index is 0.545. The fourth-order valence-electron chi connectivity index (χ4n) is 0.861. The van der Waals surface area contributed by atoms with E-state index in [1.807, 2.05) is 0 Å². The molecule has 0 aliphatic rings. The lowest BCUT2D eigenvalue weighted by atomic mass is 10.2. The molecular weight excluding hydrogens is 184 g/mol. The standard InChI is InChI=1S/C9H10N2O3/c10-13-8-4-1-7(2-5-8)3-6-9(12)14-11/h1-6H,10-11H2/b6-3+. The highest BCUT2D eigenvalue weighted by Crippen LogP contribution is 2.11. The number of rotatable bonds is 3. The first-order valence-electron chi connectivity index (χ1n) is 3.82. The van der Waals surface area contributed by atoms with E-state index in [0.29, 0.717) is 5.75 Å². The van der Waals surface area contributed by atoms with Crippen LogP contribution in [0.3, 0.4) is 0 Å². The van der Waals surface area contributed by atoms with Gasteiger partial charge in [0.05, 0.1) is 0 Å². The Morgan fingerprint density at radius 1 is 1.21 bits per heavy atom. The molecule has 0 atom stereocenters. The second-order valence-electron chi connectivity index (χ2n) is 2.46. The molecule has 0 amide bonds. The minimum Gasteiger partial charge on any atom is -0.412 e. The molecule has 0 aliphatic heterocycles. The van der Waals surface area contributed by atoms with Crippen molar-refractivity contribution in [2.75, 3.05) is 0 Å². The Balaban J connectivity index is 2.68. The fourth-order valence-corrected chi connectivity index (χ4v) is 0.861. The highest BCUT2D eigenvalue weighted by Gasteiger charge is 1.93. The van der Waals surface area contributed by atoms with Gasteiger partial charge >= 0.3 is 5.97 Å². The molecule has 14 heavy (non-hydrogen) atoms. The third kappa shape index (κ3) is 2.89. The Hall–Kier alpha value is -1.85. The van der Waals surface area contributed by atoms with Crippen molar-refractivity contribution in [3.8, 4) is 5.75 Å². The van der Waals surface area contributed by atoms with Crippen LogP contribution >= 0.6 is 0 Å². The van der Waals surface area contributed by atoms with Crippen LogP contribution in [0, 0.1) is 0 Å². The first-order valence-corrected chi connectivity index (χ1v) is 3.82. The Labute approximate surface area is 80.8 Å². The Kier molecular flexibility index (Phi) is 3.66. The largest absolute Gasteiger partial charge is 0.412 e. The van der Waals surface area contributed by atoms with Crippen LogP contribution in [0.5, 0.6) is 5.75 Å². The van der Waals surface area contributed by atoms with Crippen LogP contribution in [0.2, 0.25) is 0 Å². The van der Waals surface area contributed by atoms with Crippen molar-refractivity contribution in [3.05, 3.63) is 35.9 Å². The van der Waals surface area contributed by atoms with Crippen molar-refractivity contribution < 1.29 is 14.5 Å². The van der Waals surface area contributed by atoms with Crippen LogP contribution in [0.1, 0.15) is 5.56 Å². The third-order valence-electron chi connectivity index (χ3n) is 1.54.